The van der Waals surface area contributed by atoms with Crippen LogP contribution in [0, 0.1) is 0 Å². The van der Waals surface area contributed by atoms with E-state index in [1.165, 1.54) is 41.6 Å². The second-order valence-electron chi connectivity index (χ2n) is 6.27. The molecular formula is C18H18BrF2N7O3. The van der Waals surface area contributed by atoms with Crippen LogP contribution in [0.3, 0.4) is 0 Å². The Kier molecular flexibility index (Phi) is 7.20. The molecule has 31 heavy (non-hydrogen) atoms. The van der Waals surface area contributed by atoms with Gasteiger partial charge < -0.3 is 15.2 Å². The maximum absolute atomic E-state index is 12.7. The zero-order chi connectivity index (χ0) is 22.5. The molecule has 2 heterocycles. The molecule has 0 aliphatic heterocycles. The number of amides is 1. The van der Waals surface area contributed by atoms with E-state index in [4.69, 9.17) is 0 Å². The standard InChI is InChI=1S/C18H18BrF2N7O3/c1-9(27-16(29)10-3-11(19)5-12(4-10)31-18(20)21)15-25-8-26-28(15)14-6-13(17(30)22-2)23-7-24-14/h3-9,17-18,22,30H,1-2H3,(H,27,29)/t9-,17?/m0/s1. The molecule has 2 aromatic heterocycles. The largest absolute Gasteiger partial charge is 0.435 e. The van der Waals surface area contributed by atoms with Crippen LogP contribution in [0.2, 0.25) is 0 Å². The SMILES string of the molecule is CNC(O)c1cc(-n2ncnc2[C@H](C)NC(=O)c2cc(Br)cc(OC(F)F)c2)ncn1. The molecule has 3 rings (SSSR count). The average Bonchev–Trinajstić information content (AvgIpc) is 3.22. The molecule has 164 valence electrons. The summed E-state index contributed by atoms with van der Waals surface area (Å²) in [7, 11) is 1.57. The fourth-order valence-electron chi connectivity index (χ4n) is 2.71. The molecular weight excluding hydrogens is 480 g/mol. The van der Waals surface area contributed by atoms with Crippen molar-refractivity contribution in [1.82, 2.24) is 35.4 Å². The number of carbonyl (C=O) groups excluding carboxylic acids is 1. The minimum atomic E-state index is -3.01. The number of nitrogens with one attached hydrogen (secondary N) is 2. The Bertz CT molecular complexity index is 1070. The van der Waals surface area contributed by atoms with E-state index in [0.717, 1.165) is 0 Å². The molecule has 0 bridgehead atoms. The van der Waals surface area contributed by atoms with Crippen molar-refractivity contribution >= 4 is 21.8 Å². The first-order valence-electron chi connectivity index (χ1n) is 8.92. The van der Waals surface area contributed by atoms with Crippen molar-refractivity contribution < 1.29 is 23.4 Å². The highest BCUT2D eigenvalue weighted by atomic mass is 79.9. The maximum Gasteiger partial charge on any atom is 0.387 e. The summed E-state index contributed by atoms with van der Waals surface area (Å²) >= 11 is 3.17. The predicted molar refractivity (Wildman–Crippen MR) is 108 cm³/mol. The molecule has 0 spiro atoms. The van der Waals surface area contributed by atoms with Gasteiger partial charge in [-0.3, -0.25) is 10.1 Å². The van der Waals surface area contributed by atoms with Crippen LogP contribution in [-0.2, 0) is 0 Å². The van der Waals surface area contributed by atoms with E-state index in [-0.39, 0.29) is 11.3 Å². The summed E-state index contributed by atoms with van der Waals surface area (Å²) in [5, 5.41) is 19.4. The van der Waals surface area contributed by atoms with E-state index < -0.39 is 24.8 Å². The third kappa shape index (κ3) is 5.57. The maximum atomic E-state index is 12.7. The van der Waals surface area contributed by atoms with Crippen LogP contribution >= 0.6 is 15.9 Å². The van der Waals surface area contributed by atoms with E-state index in [2.05, 4.69) is 51.4 Å². The number of aliphatic hydroxyl groups excluding tert-OH is 1. The van der Waals surface area contributed by atoms with Gasteiger partial charge >= 0.3 is 6.61 Å². The molecule has 0 aliphatic rings. The molecule has 1 aromatic carbocycles. The summed E-state index contributed by atoms with van der Waals surface area (Å²) in [6.45, 7) is -1.33. The van der Waals surface area contributed by atoms with Gasteiger partial charge in [0.25, 0.3) is 5.91 Å². The van der Waals surface area contributed by atoms with Gasteiger partial charge in [-0.25, -0.2) is 15.0 Å². The summed E-state index contributed by atoms with van der Waals surface area (Å²) in [6.07, 6.45) is 1.57. The number of hydrogen-bond donors (Lipinski definition) is 3. The first kappa shape index (κ1) is 22.7. The molecule has 10 nitrogen and oxygen atoms in total. The van der Waals surface area contributed by atoms with E-state index in [0.29, 0.717) is 21.8 Å². The zero-order valence-electron chi connectivity index (χ0n) is 16.3. The smallest absolute Gasteiger partial charge is 0.387 e. The average molecular weight is 498 g/mol. The van der Waals surface area contributed by atoms with Gasteiger partial charge in [-0.1, -0.05) is 15.9 Å². The predicted octanol–water partition coefficient (Wildman–Crippen LogP) is 2.12. The Morgan fingerprint density at radius 2 is 1.97 bits per heavy atom. The first-order chi connectivity index (χ1) is 14.8. The second kappa shape index (κ2) is 9.85. The molecule has 0 aliphatic carbocycles. The number of nitrogens with zero attached hydrogens (tertiary/aromatic N) is 5. The van der Waals surface area contributed by atoms with Crippen molar-refractivity contribution in [2.24, 2.45) is 0 Å². The highest BCUT2D eigenvalue weighted by molar-refractivity contribution is 9.10. The van der Waals surface area contributed by atoms with Gasteiger partial charge in [-0.05, 0) is 32.2 Å². The van der Waals surface area contributed by atoms with Gasteiger partial charge in [0.2, 0.25) is 0 Å². The number of ether oxygens (including phenoxy) is 1. The number of aliphatic hydroxyl groups is 1. The van der Waals surface area contributed by atoms with Crippen molar-refractivity contribution in [3.8, 4) is 11.6 Å². The van der Waals surface area contributed by atoms with Crippen molar-refractivity contribution in [2.45, 2.75) is 25.8 Å². The number of aromatic nitrogens is 5. The fourth-order valence-corrected chi connectivity index (χ4v) is 3.18. The Morgan fingerprint density at radius 3 is 2.68 bits per heavy atom. The summed E-state index contributed by atoms with van der Waals surface area (Å²) in [6, 6.07) is 4.91. The number of carbonyl (C=O) groups is 1. The normalized spacial score (nSPS) is 13.1. The molecule has 1 unspecified atom stereocenters. The monoisotopic (exact) mass is 497 g/mol. The van der Waals surface area contributed by atoms with Gasteiger partial charge in [-0.15, -0.1) is 0 Å². The topological polar surface area (TPSA) is 127 Å². The number of benzene rings is 1. The number of hydrogen-bond acceptors (Lipinski definition) is 8. The van der Waals surface area contributed by atoms with Gasteiger partial charge in [0, 0.05) is 16.1 Å². The summed E-state index contributed by atoms with van der Waals surface area (Å²) in [4.78, 5) is 25.0. The lowest BCUT2D eigenvalue weighted by Gasteiger charge is -2.16. The Balaban J connectivity index is 1.82. The van der Waals surface area contributed by atoms with Crippen LogP contribution in [0.4, 0.5) is 8.78 Å². The van der Waals surface area contributed by atoms with Gasteiger partial charge in [0.05, 0.1) is 11.7 Å². The first-order valence-corrected chi connectivity index (χ1v) is 9.71. The van der Waals surface area contributed by atoms with Crippen LogP contribution in [0.5, 0.6) is 5.75 Å². The Morgan fingerprint density at radius 1 is 1.19 bits per heavy atom. The van der Waals surface area contributed by atoms with Crippen molar-refractivity contribution in [3.05, 3.63) is 58.5 Å². The van der Waals surface area contributed by atoms with Crippen LogP contribution in [0.15, 0.2) is 41.4 Å². The van der Waals surface area contributed by atoms with Crippen molar-refractivity contribution in [2.75, 3.05) is 7.05 Å². The molecule has 0 saturated carbocycles. The molecule has 0 radical (unpaired) electrons. The third-order valence-electron chi connectivity index (χ3n) is 4.11. The fraction of sp³-hybridized carbons (Fsp3) is 0.278. The zero-order valence-corrected chi connectivity index (χ0v) is 17.9. The lowest BCUT2D eigenvalue weighted by molar-refractivity contribution is -0.0499. The summed E-state index contributed by atoms with van der Waals surface area (Å²) in [5.41, 5.74) is 0.440. The quantitative estimate of drug-likeness (QED) is 0.404. The van der Waals surface area contributed by atoms with E-state index in [1.807, 2.05) is 0 Å². The molecule has 1 amide bonds. The Labute approximate surface area is 183 Å². The number of rotatable bonds is 8. The van der Waals surface area contributed by atoms with Crippen LogP contribution < -0.4 is 15.4 Å². The molecule has 13 heteroatoms. The number of alkyl halides is 2. The minimum Gasteiger partial charge on any atom is -0.435 e. The van der Waals surface area contributed by atoms with Crippen LogP contribution in [-0.4, -0.2) is 49.4 Å². The summed E-state index contributed by atoms with van der Waals surface area (Å²) < 4.78 is 31.2. The van der Waals surface area contributed by atoms with E-state index >= 15 is 0 Å². The molecule has 3 aromatic rings. The minimum absolute atomic E-state index is 0.115. The molecule has 2 atom stereocenters. The van der Waals surface area contributed by atoms with Gasteiger partial charge in [0.15, 0.2) is 11.6 Å². The summed E-state index contributed by atoms with van der Waals surface area (Å²) in [5.74, 6) is 0.0115. The van der Waals surface area contributed by atoms with Crippen LogP contribution in [0.25, 0.3) is 5.82 Å². The van der Waals surface area contributed by atoms with Crippen molar-refractivity contribution in [3.63, 3.8) is 0 Å². The lowest BCUT2D eigenvalue weighted by atomic mass is 10.2. The van der Waals surface area contributed by atoms with Crippen LogP contribution in [0.1, 0.15) is 41.1 Å². The van der Waals surface area contributed by atoms with Crippen molar-refractivity contribution in [1.29, 1.82) is 0 Å². The second-order valence-corrected chi connectivity index (χ2v) is 7.19. The highest BCUT2D eigenvalue weighted by Crippen LogP contribution is 2.24. The van der Waals surface area contributed by atoms with Gasteiger partial charge in [-0.2, -0.15) is 18.6 Å². The highest BCUT2D eigenvalue weighted by Gasteiger charge is 2.20. The Hall–Kier alpha value is -3.03. The molecule has 3 N–H and O–H groups in total. The van der Waals surface area contributed by atoms with Gasteiger partial charge in [0.1, 0.15) is 24.6 Å². The lowest BCUT2D eigenvalue weighted by Crippen LogP contribution is -2.29. The van der Waals surface area contributed by atoms with E-state index in [1.54, 1.807) is 14.0 Å². The molecule has 0 fully saturated rings. The third-order valence-corrected chi connectivity index (χ3v) is 4.57. The number of halogens is 3. The molecule has 0 saturated heterocycles. The van der Waals surface area contributed by atoms with E-state index in [9.17, 15) is 18.7 Å².